The Bertz CT molecular complexity index is 616. The highest BCUT2D eigenvalue weighted by Crippen LogP contribution is 2.35. The molecule has 1 unspecified atom stereocenters. The van der Waals surface area contributed by atoms with Crippen molar-refractivity contribution in [2.24, 2.45) is 23.7 Å². The zero-order valence-electron chi connectivity index (χ0n) is 19.7. The Morgan fingerprint density at radius 3 is 2.47 bits per heavy atom. The fourth-order valence-corrected chi connectivity index (χ4v) is 4.28. The molecule has 0 saturated carbocycles. The van der Waals surface area contributed by atoms with E-state index in [9.17, 15) is 5.11 Å². The standard InChI is InChI=1S/C25H42O5/c1-17(2)20(9-10-21-16-22(18(3)4)25(26)30-21)14-19-8-11-23(28-6)24(15-19)29-13-7-12-27-5/h8,11,15,17-18,20-22,25-26H,7,9-10,12-14,16H2,1-6H3/t20-,21-,22+,25?/m1/s1. The van der Waals surface area contributed by atoms with E-state index < -0.39 is 6.29 Å². The van der Waals surface area contributed by atoms with Gasteiger partial charge in [0.15, 0.2) is 17.8 Å². The largest absolute Gasteiger partial charge is 0.493 e. The van der Waals surface area contributed by atoms with Crippen LogP contribution in [-0.4, -0.2) is 44.9 Å². The zero-order valence-corrected chi connectivity index (χ0v) is 19.7. The van der Waals surface area contributed by atoms with Gasteiger partial charge in [-0.1, -0.05) is 33.8 Å². The molecule has 0 bridgehead atoms. The van der Waals surface area contributed by atoms with Gasteiger partial charge in [-0.3, -0.25) is 0 Å². The molecule has 4 atom stereocenters. The van der Waals surface area contributed by atoms with Gasteiger partial charge in [-0.05, 0) is 61.1 Å². The van der Waals surface area contributed by atoms with Crippen LogP contribution < -0.4 is 9.47 Å². The van der Waals surface area contributed by atoms with E-state index in [1.54, 1.807) is 14.2 Å². The van der Waals surface area contributed by atoms with E-state index in [0.29, 0.717) is 31.0 Å². The van der Waals surface area contributed by atoms with Crippen molar-refractivity contribution in [3.8, 4) is 11.5 Å². The summed E-state index contributed by atoms with van der Waals surface area (Å²) in [5.74, 6) is 3.41. The summed E-state index contributed by atoms with van der Waals surface area (Å²) in [5.41, 5.74) is 1.27. The molecule has 1 fully saturated rings. The molecular formula is C25H42O5. The Balaban J connectivity index is 1.95. The van der Waals surface area contributed by atoms with Crippen LogP contribution in [0.2, 0.25) is 0 Å². The summed E-state index contributed by atoms with van der Waals surface area (Å²) in [6.07, 6.45) is 4.47. The summed E-state index contributed by atoms with van der Waals surface area (Å²) in [5, 5.41) is 10.2. The molecule has 0 amide bonds. The fraction of sp³-hybridized carbons (Fsp3) is 0.760. The van der Waals surface area contributed by atoms with Crippen LogP contribution in [0.3, 0.4) is 0 Å². The van der Waals surface area contributed by atoms with Crippen molar-refractivity contribution < 1.29 is 24.1 Å². The molecular weight excluding hydrogens is 380 g/mol. The van der Waals surface area contributed by atoms with Crippen LogP contribution >= 0.6 is 0 Å². The highest BCUT2D eigenvalue weighted by Gasteiger charge is 2.35. The lowest BCUT2D eigenvalue weighted by Gasteiger charge is -2.23. The van der Waals surface area contributed by atoms with E-state index in [1.807, 2.05) is 6.07 Å². The Morgan fingerprint density at radius 1 is 1.10 bits per heavy atom. The van der Waals surface area contributed by atoms with Crippen LogP contribution in [0, 0.1) is 23.7 Å². The molecule has 1 aliphatic rings. The lowest BCUT2D eigenvalue weighted by molar-refractivity contribution is -0.116. The number of aliphatic hydroxyl groups excluding tert-OH is 1. The highest BCUT2D eigenvalue weighted by molar-refractivity contribution is 5.43. The van der Waals surface area contributed by atoms with Crippen LogP contribution in [0.15, 0.2) is 18.2 Å². The Morgan fingerprint density at radius 2 is 1.87 bits per heavy atom. The predicted octanol–water partition coefficient (Wildman–Crippen LogP) is 5.08. The minimum Gasteiger partial charge on any atom is -0.493 e. The zero-order chi connectivity index (χ0) is 22.1. The van der Waals surface area contributed by atoms with E-state index >= 15 is 0 Å². The van der Waals surface area contributed by atoms with Crippen molar-refractivity contribution in [1.82, 2.24) is 0 Å². The van der Waals surface area contributed by atoms with Gasteiger partial charge in [0.05, 0.1) is 19.8 Å². The summed E-state index contributed by atoms with van der Waals surface area (Å²) < 4.78 is 22.3. The minimum atomic E-state index is -0.605. The first-order valence-electron chi connectivity index (χ1n) is 11.5. The molecule has 2 rings (SSSR count). The molecule has 1 aliphatic heterocycles. The molecule has 5 heteroatoms. The van der Waals surface area contributed by atoms with Crippen molar-refractivity contribution in [2.45, 2.75) is 72.2 Å². The second kappa shape index (κ2) is 12.5. The maximum absolute atomic E-state index is 10.2. The SMILES string of the molecule is COCCCOc1cc(C[C@@H](CC[C@@H]2C[C@@H](C(C)C)C(O)O2)C(C)C)ccc1OC. The van der Waals surface area contributed by atoms with Gasteiger partial charge in [-0.15, -0.1) is 0 Å². The van der Waals surface area contributed by atoms with Crippen molar-refractivity contribution in [2.75, 3.05) is 27.4 Å². The smallest absolute Gasteiger partial charge is 0.161 e. The molecule has 1 N–H and O–H groups in total. The molecule has 0 aromatic heterocycles. The summed E-state index contributed by atoms with van der Waals surface area (Å²) in [6, 6.07) is 6.26. The number of ether oxygens (including phenoxy) is 4. The lowest BCUT2D eigenvalue weighted by Crippen LogP contribution is -2.19. The number of hydrogen-bond acceptors (Lipinski definition) is 5. The summed E-state index contributed by atoms with van der Waals surface area (Å²) in [4.78, 5) is 0. The maximum atomic E-state index is 10.2. The van der Waals surface area contributed by atoms with Crippen LogP contribution in [-0.2, 0) is 15.9 Å². The molecule has 0 spiro atoms. The first-order valence-corrected chi connectivity index (χ1v) is 11.5. The number of aliphatic hydroxyl groups is 1. The monoisotopic (exact) mass is 422 g/mol. The third kappa shape index (κ3) is 7.44. The number of benzene rings is 1. The molecule has 1 heterocycles. The predicted molar refractivity (Wildman–Crippen MR) is 120 cm³/mol. The van der Waals surface area contributed by atoms with Crippen molar-refractivity contribution in [3.05, 3.63) is 23.8 Å². The molecule has 1 aromatic rings. The van der Waals surface area contributed by atoms with Gasteiger partial charge in [-0.25, -0.2) is 0 Å². The molecule has 0 radical (unpaired) electrons. The number of methoxy groups -OCH3 is 2. The van der Waals surface area contributed by atoms with E-state index in [-0.39, 0.29) is 12.0 Å². The van der Waals surface area contributed by atoms with Gasteiger partial charge < -0.3 is 24.1 Å². The van der Waals surface area contributed by atoms with Gasteiger partial charge in [0.2, 0.25) is 0 Å². The van der Waals surface area contributed by atoms with Crippen LogP contribution in [0.5, 0.6) is 11.5 Å². The molecule has 172 valence electrons. The van der Waals surface area contributed by atoms with Crippen molar-refractivity contribution in [3.63, 3.8) is 0 Å². The summed E-state index contributed by atoms with van der Waals surface area (Å²) in [6.45, 7) is 10.2. The Labute approximate surface area is 183 Å². The lowest BCUT2D eigenvalue weighted by atomic mass is 9.83. The van der Waals surface area contributed by atoms with Crippen LogP contribution in [0.25, 0.3) is 0 Å². The Kier molecular flexibility index (Phi) is 10.4. The van der Waals surface area contributed by atoms with Crippen LogP contribution in [0.4, 0.5) is 0 Å². The third-order valence-corrected chi connectivity index (χ3v) is 6.37. The van der Waals surface area contributed by atoms with Crippen molar-refractivity contribution in [1.29, 1.82) is 0 Å². The average molecular weight is 423 g/mol. The average Bonchev–Trinajstić information content (AvgIpc) is 3.09. The molecule has 1 aromatic carbocycles. The number of hydrogen-bond donors (Lipinski definition) is 1. The first kappa shape index (κ1) is 25.0. The minimum absolute atomic E-state index is 0.171. The second-order valence-electron chi connectivity index (χ2n) is 9.26. The van der Waals surface area contributed by atoms with Gasteiger partial charge in [0.1, 0.15) is 0 Å². The van der Waals surface area contributed by atoms with Gasteiger partial charge in [-0.2, -0.15) is 0 Å². The summed E-state index contributed by atoms with van der Waals surface area (Å²) in [7, 11) is 3.38. The third-order valence-electron chi connectivity index (χ3n) is 6.37. The topological polar surface area (TPSA) is 57.2 Å². The maximum Gasteiger partial charge on any atom is 0.161 e. The normalized spacial score (nSPS) is 22.6. The van der Waals surface area contributed by atoms with E-state index in [2.05, 4.69) is 39.8 Å². The van der Waals surface area contributed by atoms with E-state index in [0.717, 1.165) is 43.6 Å². The molecule has 1 saturated heterocycles. The van der Waals surface area contributed by atoms with E-state index in [1.165, 1.54) is 5.56 Å². The molecule has 0 aliphatic carbocycles. The molecule has 5 nitrogen and oxygen atoms in total. The van der Waals surface area contributed by atoms with Crippen molar-refractivity contribution >= 4 is 0 Å². The highest BCUT2D eigenvalue weighted by atomic mass is 16.6. The summed E-state index contributed by atoms with van der Waals surface area (Å²) >= 11 is 0. The molecule has 30 heavy (non-hydrogen) atoms. The van der Waals surface area contributed by atoms with Gasteiger partial charge in [0.25, 0.3) is 0 Å². The van der Waals surface area contributed by atoms with Gasteiger partial charge >= 0.3 is 0 Å². The first-order chi connectivity index (χ1) is 14.3. The second-order valence-corrected chi connectivity index (χ2v) is 9.26. The quantitative estimate of drug-likeness (QED) is 0.449. The fourth-order valence-electron chi connectivity index (χ4n) is 4.28. The number of rotatable bonds is 13. The Hall–Kier alpha value is -1.30. The van der Waals surface area contributed by atoms with E-state index in [4.69, 9.17) is 18.9 Å². The van der Waals surface area contributed by atoms with Gasteiger partial charge in [0, 0.05) is 26.1 Å². The van der Waals surface area contributed by atoms with Crippen LogP contribution in [0.1, 0.15) is 58.9 Å².